The molecule has 0 saturated carbocycles. The van der Waals surface area contributed by atoms with E-state index in [1.54, 1.807) is 0 Å². The Morgan fingerprint density at radius 3 is 2.53 bits per heavy atom. The SMILES string of the molecule is COC(=O)C[C@H](NP(=O)(O)OC[C@H]1O[C@@H](n2cc(C)c(=O)[nH]c2=O)[C@H](O)[C@@H]1O)C(=O)OC. The number of rotatable bonds is 9. The highest BCUT2D eigenvalue weighted by Gasteiger charge is 2.45. The Morgan fingerprint density at radius 2 is 1.94 bits per heavy atom. The molecule has 1 aliphatic rings. The van der Waals surface area contributed by atoms with Gasteiger partial charge in [0, 0.05) is 11.8 Å². The van der Waals surface area contributed by atoms with Crippen molar-refractivity contribution >= 4 is 19.7 Å². The summed E-state index contributed by atoms with van der Waals surface area (Å²) in [5.74, 6) is -1.90. The third kappa shape index (κ3) is 6.10. The molecule has 0 radical (unpaired) electrons. The van der Waals surface area contributed by atoms with Crippen LogP contribution in [0.3, 0.4) is 0 Å². The summed E-state index contributed by atoms with van der Waals surface area (Å²) in [6.07, 6.45) is -5.57. The Labute approximate surface area is 180 Å². The lowest BCUT2D eigenvalue weighted by Crippen LogP contribution is -2.39. The van der Waals surface area contributed by atoms with Crippen molar-refractivity contribution in [2.75, 3.05) is 20.8 Å². The third-order valence-electron chi connectivity index (χ3n) is 4.57. The molecule has 16 heteroatoms. The summed E-state index contributed by atoms with van der Waals surface area (Å²) in [4.78, 5) is 58.7. The summed E-state index contributed by atoms with van der Waals surface area (Å²) in [5, 5.41) is 22.4. The van der Waals surface area contributed by atoms with Crippen LogP contribution in [0.2, 0.25) is 0 Å². The lowest BCUT2D eigenvalue weighted by atomic mass is 10.1. The van der Waals surface area contributed by atoms with Crippen molar-refractivity contribution in [3.63, 3.8) is 0 Å². The molecule has 6 atom stereocenters. The number of nitrogens with zero attached hydrogens (tertiary/aromatic N) is 1. The summed E-state index contributed by atoms with van der Waals surface area (Å²) in [5.41, 5.74) is -1.41. The van der Waals surface area contributed by atoms with Crippen molar-refractivity contribution in [1.29, 1.82) is 0 Å². The predicted octanol–water partition coefficient (Wildman–Crippen LogP) is -2.72. The van der Waals surface area contributed by atoms with E-state index in [9.17, 15) is 38.8 Å². The lowest BCUT2D eigenvalue weighted by Gasteiger charge is -2.21. The summed E-state index contributed by atoms with van der Waals surface area (Å²) in [6, 6.07) is -1.57. The molecule has 2 rings (SSSR count). The largest absolute Gasteiger partial charge is 0.469 e. The quantitative estimate of drug-likeness (QED) is 0.179. The van der Waals surface area contributed by atoms with Crippen LogP contribution in [0.15, 0.2) is 15.8 Å². The highest BCUT2D eigenvalue weighted by Crippen LogP contribution is 2.40. The number of nitrogens with one attached hydrogen (secondary N) is 2. The Balaban J connectivity index is 2.09. The van der Waals surface area contributed by atoms with Crippen LogP contribution in [0.1, 0.15) is 18.2 Å². The number of aliphatic hydroxyl groups excluding tert-OH is 2. The minimum atomic E-state index is -4.74. The molecule has 1 aliphatic heterocycles. The van der Waals surface area contributed by atoms with Crippen LogP contribution in [0.5, 0.6) is 0 Å². The maximum absolute atomic E-state index is 12.3. The first-order valence-corrected chi connectivity index (χ1v) is 10.7. The van der Waals surface area contributed by atoms with Gasteiger partial charge >= 0.3 is 25.4 Å². The highest BCUT2D eigenvalue weighted by atomic mass is 31.2. The molecular formula is C16H24N3O12P. The number of aliphatic hydroxyl groups is 2. The number of hydrogen-bond acceptors (Lipinski definition) is 11. The van der Waals surface area contributed by atoms with E-state index < -0.39 is 74.5 Å². The van der Waals surface area contributed by atoms with Crippen LogP contribution in [-0.2, 0) is 32.9 Å². The third-order valence-corrected chi connectivity index (χ3v) is 5.71. The molecule has 2 heterocycles. The second-order valence-electron chi connectivity index (χ2n) is 6.83. The van der Waals surface area contributed by atoms with Gasteiger partial charge < -0.3 is 29.3 Å². The van der Waals surface area contributed by atoms with Gasteiger partial charge in [-0.15, -0.1) is 0 Å². The molecule has 1 saturated heterocycles. The van der Waals surface area contributed by atoms with Crippen LogP contribution in [0.25, 0.3) is 0 Å². The van der Waals surface area contributed by atoms with Crippen LogP contribution in [-0.4, -0.2) is 81.8 Å². The molecule has 5 N–H and O–H groups in total. The molecule has 0 spiro atoms. The van der Waals surface area contributed by atoms with Gasteiger partial charge in [-0.05, 0) is 6.92 Å². The number of aromatic nitrogens is 2. The van der Waals surface area contributed by atoms with E-state index in [2.05, 4.69) is 9.47 Å². The van der Waals surface area contributed by atoms with Gasteiger partial charge in [0.1, 0.15) is 24.4 Å². The number of carbonyl (C=O) groups is 2. The number of hydrogen-bond donors (Lipinski definition) is 5. The van der Waals surface area contributed by atoms with Crippen LogP contribution in [0, 0.1) is 6.92 Å². The summed E-state index contributed by atoms with van der Waals surface area (Å²) >= 11 is 0. The zero-order chi connectivity index (χ0) is 24.2. The molecule has 180 valence electrons. The second-order valence-corrected chi connectivity index (χ2v) is 8.38. The number of esters is 2. The number of aromatic amines is 1. The van der Waals surface area contributed by atoms with Gasteiger partial charge in [-0.3, -0.25) is 28.5 Å². The molecule has 0 bridgehead atoms. The molecule has 1 fully saturated rings. The Bertz CT molecular complexity index is 1010. The van der Waals surface area contributed by atoms with E-state index in [0.717, 1.165) is 25.0 Å². The zero-order valence-electron chi connectivity index (χ0n) is 17.3. The monoisotopic (exact) mass is 481 g/mol. The van der Waals surface area contributed by atoms with Crippen molar-refractivity contribution in [3.8, 4) is 0 Å². The zero-order valence-corrected chi connectivity index (χ0v) is 18.2. The smallest absolute Gasteiger partial charge is 0.403 e. The van der Waals surface area contributed by atoms with Crippen molar-refractivity contribution in [3.05, 3.63) is 32.6 Å². The van der Waals surface area contributed by atoms with Crippen LogP contribution >= 0.6 is 7.75 Å². The van der Waals surface area contributed by atoms with E-state index in [0.29, 0.717) is 0 Å². The molecule has 32 heavy (non-hydrogen) atoms. The van der Waals surface area contributed by atoms with Gasteiger partial charge in [-0.25, -0.2) is 14.4 Å². The summed E-state index contributed by atoms with van der Waals surface area (Å²) in [6.45, 7) is 0.658. The van der Waals surface area contributed by atoms with Crippen molar-refractivity contribution in [1.82, 2.24) is 14.6 Å². The maximum Gasteiger partial charge on any atom is 0.403 e. The average molecular weight is 481 g/mol. The molecule has 0 aromatic carbocycles. The standard InChI is InChI=1S/C16H24N3O12P/c1-7-5-19(16(25)17-13(7)23)14-12(22)11(21)9(31-14)6-30-32(26,27)18-8(15(24)29-3)4-10(20)28-2/h5,8-9,11-12,14,21-22H,4,6H2,1-3H3,(H,17,23,25)(H2,18,26,27)/t8-,9+,11+,12+,14+/m0/s1. The summed E-state index contributed by atoms with van der Waals surface area (Å²) in [7, 11) is -2.68. The van der Waals surface area contributed by atoms with Crippen molar-refractivity contribution in [2.45, 2.75) is 43.9 Å². The van der Waals surface area contributed by atoms with E-state index in [-0.39, 0.29) is 5.56 Å². The fourth-order valence-corrected chi connectivity index (χ4v) is 3.87. The van der Waals surface area contributed by atoms with Crippen LogP contribution in [0.4, 0.5) is 0 Å². The number of aryl methyl sites for hydroxylation is 1. The molecular weight excluding hydrogens is 457 g/mol. The second kappa shape index (κ2) is 10.5. The maximum atomic E-state index is 12.3. The Morgan fingerprint density at radius 1 is 1.28 bits per heavy atom. The van der Waals surface area contributed by atoms with E-state index in [1.165, 1.54) is 6.92 Å². The number of H-pyrrole nitrogens is 1. The van der Waals surface area contributed by atoms with Gasteiger partial charge in [0.2, 0.25) is 0 Å². The first kappa shape index (κ1) is 25.9. The topological polar surface area (TPSA) is 216 Å². The van der Waals surface area contributed by atoms with E-state index in [4.69, 9.17) is 9.26 Å². The molecule has 1 aromatic rings. The normalized spacial score (nSPS) is 25.7. The molecule has 15 nitrogen and oxygen atoms in total. The lowest BCUT2D eigenvalue weighted by molar-refractivity contribution is -0.149. The fraction of sp³-hybridized carbons (Fsp3) is 0.625. The minimum absolute atomic E-state index is 0.137. The van der Waals surface area contributed by atoms with Gasteiger partial charge in [-0.2, -0.15) is 0 Å². The number of methoxy groups -OCH3 is 2. The van der Waals surface area contributed by atoms with Gasteiger partial charge in [0.25, 0.3) is 5.56 Å². The molecule has 0 amide bonds. The first-order valence-electron chi connectivity index (χ1n) is 9.13. The van der Waals surface area contributed by atoms with Crippen molar-refractivity contribution < 1.29 is 48.0 Å². The van der Waals surface area contributed by atoms with E-state index >= 15 is 0 Å². The van der Waals surface area contributed by atoms with Gasteiger partial charge in [0.05, 0.1) is 27.2 Å². The van der Waals surface area contributed by atoms with Gasteiger partial charge in [0.15, 0.2) is 6.23 Å². The Kier molecular flexibility index (Phi) is 8.47. The molecule has 1 aromatic heterocycles. The Hall–Kier alpha value is -2.39. The molecule has 0 aliphatic carbocycles. The van der Waals surface area contributed by atoms with E-state index in [1.807, 2.05) is 10.1 Å². The highest BCUT2D eigenvalue weighted by molar-refractivity contribution is 7.50. The first-order chi connectivity index (χ1) is 14.9. The number of ether oxygens (including phenoxy) is 3. The fourth-order valence-electron chi connectivity index (χ4n) is 2.85. The van der Waals surface area contributed by atoms with Gasteiger partial charge in [-0.1, -0.05) is 0 Å². The molecule has 1 unspecified atom stereocenters. The predicted molar refractivity (Wildman–Crippen MR) is 103 cm³/mol. The number of carbonyl (C=O) groups excluding carboxylic acids is 2. The van der Waals surface area contributed by atoms with Crippen LogP contribution < -0.4 is 16.3 Å². The average Bonchev–Trinajstić information content (AvgIpc) is 3.02. The summed E-state index contributed by atoms with van der Waals surface area (Å²) < 4.78 is 32.2. The van der Waals surface area contributed by atoms with Crippen molar-refractivity contribution in [2.24, 2.45) is 0 Å². The minimum Gasteiger partial charge on any atom is -0.469 e.